The molecule has 3 fully saturated rings. The van der Waals surface area contributed by atoms with Crippen LogP contribution in [0.15, 0.2) is 35.3 Å². The Balaban J connectivity index is 0.00000423. The average molecular weight is 615 g/mol. The van der Waals surface area contributed by atoms with Gasteiger partial charge in [-0.3, -0.25) is 19.6 Å². The number of aryl methyl sites for hydroxylation is 1. The van der Waals surface area contributed by atoms with Crippen molar-refractivity contribution in [3.05, 3.63) is 52.1 Å². The first-order valence-electron chi connectivity index (χ1n) is 15.3. The van der Waals surface area contributed by atoms with Gasteiger partial charge in [0, 0.05) is 57.5 Å². The first-order chi connectivity index (χ1) is 20.0. The number of anilines is 1. The number of piperazine rings is 1. The van der Waals surface area contributed by atoms with Crippen molar-refractivity contribution >= 4 is 30.2 Å². The number of hydrogen-bond acceptors (Lipinski definition) is 7. The average Bonchev–Trinajstić information content (AvgIpc) is 3.77. The number of rotatable bonds is 8. The molecular weight excluding hydrogens is 568 g/mol. The van der Waals surface area contributed by atoms with E-state index in [1.54, 1.807) is 35.9 Å². The van der Waals surface area contributed by atoms with Crippen molar-refractivity contribution in [3.63, 3.8) is 0 Å². The summed E-state index contributed by atoms with van der Waals surface area (Å²) in [5.74, 6) is 0.876. The molecule has 0 radical (unpaired) electrons. The summed E-state index contributed by atoms with van der Waals surface area (Å²) < 4.78 is 1.50. The molecule has 3 aliphatic rings. The SMILES string of the molecule is Cc1cc(-n2ccc(NC(=O)N3CCN(C(=O)C(C)(C)N)CC3)nc2=O)ccc1CN(CC1CC1)C1CCC(N)CC1.Cl. The minimum Gasteiger partial charge on any atom is -0.338 e. The molecule has 1 aromatic heterocycles. The normalized spacial score (nSPS) is 21.0. The van der Waals surface area contributed by atoms with Gasteiger partial charge in [-0.2, -0.15) is 4.98 Å². The Morgan fingerprint density at radius 2 is 1.67 bits per heavy atom. The molecule has 5 N–H and O–H groups in total. The van der Waals surface area contributed by atoms with Crippen LogP contribution in [0.3, 0.4) is 0 Å². The van der Waals surface area contributed by atoms with Crippen molar-refractivity contribution in [2.75, 3.05) is 38.0 Å². The molecule has 0 atom stereocenters. The lowest BCUT2D eigenvalue weighted by molar-refractivity contribution is -0.137. The van der Waals surface area contributed by atoms with Crippen LogP contribution in [0.5, 0.6) is 0 Å². The van der Waals surface area contributed by atoms with E-state index in [9.17, 15) is 14.4 Å². The fraction of sp³-hybridized carbons (Fsp3) is 0.613. The van der Waals surface area contributed by atoms with Crippen LogP contribution in [-0.2, 0) is 11.3 Å². The van der Waals surface area contributed by atoms with Crippen molar-refractivity contribution in [2.45, 2.75) is 83.5 Å². The molecule has 1 aromatic carbocycles. The molecule has 5 rings (SSSR count). The summed E-state index contributed by atoms with van der Waals surface area (Å²) in [6.07, 6.45) is 8.83. The fourth-order valence-electron chi connectivity index (χ4n) is 6.05. The van der Waals surface area contributed by atoms with Gasteiger partial charge >= 0.3 is 11.7 Å². The molecule has 0 spiro atoms. The summed E-state index contributed by atoms with van der Waals surface area (Å²) >= 11 is 0. The Bertz CT molecular complexity index is 1340. The van der Waals surface area contributed by atoms with Gasteiger partial charge in [0.05, 0.1) is 11.2 Å². The van der Waals surface area contributed by atoms with Crippen LogP contribution < -0.4 is 22.5 Å². The zero-order valence-corrected chi connectivity index (χ0v) is 26.4. The Morgan fingerprint density at radius 3 is 2.26 bits per heavy atom. The maximum Gasteiger partial charge on any atom is 0.354 e. The molecule has 12 heteroatoms. The van der Waals surface area contributed by atoms with Crippen LogP contribution in [0.2, 0.25) is 0 Å². The summed E-state index contributed by atoms with van der Waals surface area (Å²) in [4.78, 5) is 48.2. The highest BCUT2D eigenvalue weighted by atomic mass is 35.5. The van der Waals surface area contributed by atoms with E-state index >= 15 is 0 Å². The lowest BCUT2D eigenvalue weighted by Crippen LogP contribution is -2.58. The molecule has 11 nitrogen and oxygen atoms in total. The van der Waals surface area contributed by atoms with Crippen molar-refractivity contribution in [1.29, 1.82) is 0 Å². The molecule has 3 amide bonds. The molecule has 1 saturated heterocycles. The molecule has 2 aliphatic carbocycles. The number of nitrogens with two attached hydrogens (primary N) is 2. The first kappa shape index (κ1) is 32.9. The Morgan fingerprint density at radius 1 is 1.02 bits per heavy atom. The Hall–Kier alpha value is -2.99. The van der Waals surface area contributed by atoms with E-state index in [1.807, 2.05) is 12.1 Å². The summed E-state index contributed by atoms with van der Waals surface area (Å²) in [6.45, 7) is 9.08. The van der Waals surface area contributed by atoms with Crippen molar-refractivity contribution < 1.29 is 9.59 Å². The van der Waals surface area contributed by atoms with Crippen LogP contribution in [-0.4, -0.2) is 86.5 Å². The third-order valence-electron chi connectivity index (χ3n) is 8.87. The van der Waals surface area contributed by atoms with Gasteiger partial charge in [-0.05, 0) is 94.5 Å². The number of carbonyl (C=O) groups excluding carboxylic acids is 2. The maximum absolute atomic E-state index is 13.0. The molecule has 0 unspecified atom stereocenters. The second kappa shape index (κ2) is 13.8. The number of nitrogens with zero attached hydrogens (tertiary/aromatic N) is 5. The summed E-state index contributed by atoms with van der Waals surface area (Å²) in [7, 11) is 0. The standard InChI is InChI=1S/C31H46N8O3.ClH/c1-21-18-26(9-6-23(21)20-38(19-22-4-5-22)25-10-7-24(32)8-11-25)39-13-12-27(35-30(39)42)34-29(41)37-16-14-36(15-17-37)28(40)31(2,3)33;/h6,9,12-13,18,22,24-25H,4-5,7-8,10-11,14-17,19-20,32-33H2,1-3H3,(H,34,35,41,42);1H. The Labute approximate surface area is 260 Å². The van der Waals surface area contributed by atoms with E-state index in [2.05, 4.69) is 28.2 Å². The van der Waals surface area contributed by atoms with E-state index < -0.39 is 11.2 Å². The number of urea groups is 1. The number of halogens is 1. The van der Waals surface area contributed by atoms with Gasteiger partial charge in [-0.15, -0.1) is 12.4 Å². The first-order valence-corrected chi connectivity index (χ1v) is 15.3. The molecular formula is C31H47ClN8O3. The monoisotopic (exact) mass is 614 g/mol. The predicted octanol–water partition coefficient (Wildman–Crippen LogP) is 2.86. The van der Waals surface area contributed by atoms with Crippen molar-refractivity contribution in [3.8, 4) is 5.69 Å². The van der Waals surface area contributed by atoms with Gasteiger partial charge in [0.2, 0.25) is 5.91 Å². The summed E-state index contributed by atoms with van der Waals surface area (Å²) in [6, 6.07) is 8.33. The van der Waals surface area contributed by atoms with Crippen LogP contribution in [0.25, 0.3) is 5.69 Å². The second-order valence-electron chi connectivity index (χ2n) is 12.9. The predicted molar refractivity (Wildman–Crippen MR) is 171 cm³/mol. The van der Waals surface area contributed by atoms with Crippen molar-refractivity contribution in [2.24, 2.45) is 17.4 Å². The van der Waals surface area contributed by atoms with Gasteiger partial charge in [-0.1, -0.05) is 6.07 Å². The van der Waals surface area contributed by atoms with E-state index in [-0.39, 0.29) is 30.2 Å². The van der Waals surface area contributed by atoms with Gasteiger partial charge in [0.15, 0.2) is 0 Å². The molecule has 1 aliphatic heterocycles. The molecule has 236 valence electrons. The number of carbonyl (C=O) groups is 2. The van der Waals surface area contributed by atoms with Gasteiger partial charge in [0.25, 0.3) is 0 Å². The Kier molecular flexibility index (Phi) is 10.5. The number of aromatic nitrogens is 2. The highest BCUT2D eigenvalue weighted by Gasteiger charge is 2.32. The topological polar surface area (TPSA) is 143 Å². The van der Waals surface area contributed by atoms with Crippen LogP contribution in [0, 0.1) is 12.8 Å². The van der Waals surface area contributed by atoms with Crippen LogP contribution in [0.4, 0.5) is 10.6 Å². The quantitative estimate of drug-likeness (QED) is 0.415. The molecule has 2 aromatic rings. The van der Waals surface area contributed by atoms with E-state index in [4.69, 9.17) is 11.5 Å². The summed E-state index contributed by atoms with van der Waals surface area (Å²) in [5, 5.41) is 2.72. The highest BCUT2D eigenvalue weighted by Crippen LogP contribution is 2.33. The largest absolute Gasteiger partial charge is 0.354 e. The van der Waals surface area contributed by atoms with Crippen molar-refractivity contribution in [1.82, 2.24) is 24.3 Å². The number of hydrogen-bond donors (Lipinski definition) is 3. The van der Waals surface area contributed by atoms with Gasteiger partial charge in [-0.25, -0.2) is 9.59 Å². The zero-order valence-electron chi connectivity index (χ0n) is 25.6. The second-order valence-corrected chi connectivity index (χ2v) is 12.9. The molecule has 2 saturated carbocycles. The third kappa shape index (κ3) is 8.35. The summed E-state index contributed by atoms with van der Waals surface area (Å²) in [5.41, 5.74) is 13.9. The zero-order chi connectivity index (χ0) is 30.0. The smallest absolute Gasteiger partial charge is 0.338 e. The van der Waals surface area contributed by atoms with E-state index in [1.165, 1.54) is 23.0 Å². The number of benzene rings is 1. The van der Waals surface area contributed by atoms with Gasteiger partial charge in [0.1, 0.15) is 5.82 Å². The van der Waals surface area contributed by atoms with Crippen LogP contribution >= 0.6 is 12.4 Å². The van der Waals surface area contributed by atoms with Gasteiger partial charge < -0.3 is 21.3 Å². The van der Waals surface area contributed by atoms with E-state index in [0.717, 1.165) is 55.9 Å². The minimum atomic E-state index is -0.947. The fourth-order valence-corrected chi connectivity index (χ4v) is 6.05. The van der Waals surface area contributed by atoms with Crippen LogP contribution in [0.1, 0.15) is 63.5 Å². The highest BCUT2D eigenvalue weighted by molar-refractivity contribution is 5.89. The lowest BCUT2D eigenvalue weighted by Gasteiger charge is -2.37. The third-order valence-corrected chi connectivity index (χ3v) is 8.87. The molecule has 0 bridgehead atoms. The van der Waals surface area contributed by atoms with E-state index in [0.29, 0.717) is 38.3 Å². The lowest BCUT2D eigenvalue weighted by atomic mass is 9.90. The number of amides is 3. The minimum absolute atomic E-state index is 0. The number of nitrogens with one attached hydrogen (secondary N) is 1. The molecule has 2 heterocycles. The molecule has 43 heavy (non-hydrogen) atoms. The maximum atomic E-state index is 13.0.